The van der Waals surface area contributed by atoms with Crippen molar-refractivity contribution >= 4 is 11.8 Å². The van der Waals surface area contributed by atoms with E-state index in [1.807, 2.05) is 24.3 Å². The number of amides is 1. The normalized spacial score (nSPS) is 15.0. The third-order valence-corrected chi connectivity index (χ3v) is 4.30. The van der Waals surface area contributed by atoms with Crippen molar-refractivity contribution in [2.45, 2.75) is 25.9 Å². The van der Waals surface area contributed by atoms with Crippen molar-refractivity contribution < 1.29 is 9.53 Å². The predicted molar refractivity (Wildman–Crippen MR) is 93.8 cm³/mol. The van der Waals surface area contributed by atoms with Crippen molar-refractivity contribution in [3.8, 4) is 0 Å². The van der Waals surface area contributed by atoms with Crippen LogP contribution in [0.3, 0.4) is 0 Å². The molecular formula is C19H23N3O2. The molecular weight excluding hydrogens is 302 g/mol. The number of pyridine rings is 1. The third-order valence-electron chi connectivity index (χ3n) is 4.30. The van der Waals surface area contributed by atoms with Crippen LogP contribution in [-0.4, -0.2) is 24.2 Å². The van der Waals surface area contributed by atoms with Crippen molar-refractivity contribution in [2.24, 2.45) is 5.92 Å². The SMILES string of the molecule is O=C(Nc1ccc(CC2CCNCC2)cc1)OCc1ccncc1. The lowest BCUT2D eigenvalue weighted by molar-refractivity contribution is 0.155. The molecule has 3 rings (SSSR count). The van der Waals surface area contributed by atoms with Crippen LogP contribution >= 0.6 is 0 Å². The van der Waals surface area contributed by atoms with Gasteiger partial charge < -0.3 is 10.1 Å². The summed E-state index contributed by atoms with van der Waals surface area (Å²) in [6.07, 6.45) is 6.49. The molecule has 0 unspecified atom stereocenters. The first kappa shape index (κ1) is 16.5. The Bertz CT molecular complexity index is 637. The van der Waals surface area contributed by atoms with E-state index in [2.05, 4.69) is 27.8 Å². The first-order valence-corrected chi connectivity index (χ1v) is 8.42. The lowest BCUT2D eigenvalue weighted by Crippen LogP contribution is -2.28. The molecule has 2 N–H and O–H groups in total. The largest absolute Gasteiger partial charge is 0.444 e. The Balaban J connectivity index is 1.45. The molecule has 1 fully saturated rings. The maximum Gasteiger partial charge on any atom is 0.411 e. The minimum absolute atomic E-state index is 0.238. The summed E-state index contributed by atoms with van der Waals surface area (Å²) < 4.78 is 5.20. The number of rotatable bonds is 5. The number of carbonyl (C=O) groups is 1. The number of hydrogen-bond donors (Lipinski definition) is 2. The van der Waals surface area contributed by atoms with E-state index in [0.717, 1.165) is 36.7 Å². The van der Waals surface area contributed by atoms with Gasteiger partial charge in [-0.05, 0) is 73.7 Å². The first-order valence-electron chi connectivity index (χ1n) is 8.42. The summed E-state index contributed by atoms with van der Waals surface area (Å²) in [5.74, 6) is 0.760. The Hall–Kier alpha value is -2.40. The Labute approximate surface area is 142 Å². The molecule has 126 valence electrons. The summed E-state index contributed by atoms with van der Waals surface area (Å²) >= 11 is 0. The summed E-state index contributed by atoms with van der Waals surface area (Å²) in [5, 5.41) is 6.15. The number of carbonyl (C=O) groups excluding carboxylic acids is 1. The van der Waals surface area contributed by atoms with Gasteiger partial charge in [0.25, 0.3) is 0 Å². The van der Waals surface area contributed by atoms with E-state index in [9.17, 15) is 4.79 Å². The highest BCUT2D eigenvalue weighted by Gasteiger charge is 2.13. The summed E-state index contributed by atoms with van der Waals surface area (Å²) in [7, 11) is 0. The molecule has 0 aliphatic carbocycles. The highest BCUT2D eigenvalue weighted by atomic mass is 16.5. The standard InChI is InChI=1S/C19H23N3O2/c23-19(24-14-17-7-11-21-12-8-17)22-18-3-1-15(2-4-18)13-16-5-9-20-10-6-16/h1-4,7-8,11-12,16,20H,5-6,9-10,13-14H2,(H,22,23). The van der Waals surface area contributed by atoms with Gasteiger partial charge in [-0.15, -0.1) is 0 Å². The molecule has 0 saturated carbocycles. The zero-order valence-corrected chi connectivity index (χ0v) is 13.7. The second-order valence-electron chi connectivity index (χ2n) is 6.15. The molecule has 5 heteroatoms. The van der Waals surface area contributed by atoms with E-state index in [1.54, 1.807) is 12.4 Å². The first-order chi connectivity index (χ1) is 11.8. The minimum Gasteiger partial charge on any atom is -0.444 e. The van der Waals surface area contributed by atoms with Gasteiger partial charge in [0, 0.05) is 18.1 Å². The molecule has 1 aliphatic heterocycles. The highest BCUT2D eigenvalue weighted by molar-refractivity contribution is 5.84. The number of hydrogen-bond acceptors (Lipinski definition) is 4. The van der Waals surface area contributed by atoms with E-state index in [1.165, 1.54) is 18.4 Å². The fourth-order valence-electron chi connectivity index (χ4n) is 2.93. The molecule has 1 amide bonds. The number of ether oxygens (including phenoxy) is 1. The predicted octanol–water partition coefficient (Wildman–Crippen LogP) is 3.37. The van der Waals surface area contributed by atoms with Gasteiger partial charge in [0.15, 0.2) is 0 Å². The Morgan fingerprint density at radius 1 is 1.08 bits per heavy atom. The number of nitrogens with one attached hydrogen (secondary N) is 2. The van der Waals surface area contributed by atoms with Crippen LogP contribution in [-0.2, 0) is 17.8 Å². The molecule has 0 radical (unpaired) electrons. The number of benzene rings is 1. The van der Waals surface area contributed by atoms with Crippen molar-refractivity contribution in [1.29, 1.82) is 0 Å². The van der Waals surface area contributed by atoms with E-state index in [0.29, 0.717) is 0 Å². The van der Waals surface area contributed by atoms with Gasteiger partial charge in [-0.25, -0.2) is 4.79 Å². The molecule has 0 bridgehead atoms. The van der Waals surface area contributed by atoms with Gasteiger partial charge in [0.2, 0.25) is 0 Å². The highest BCUT2D eigenvalue weighted by Crippen LogP contribution is 2.19. The maximum atomic E-state index is 11.8. The molecule has 1 aromatic carbocycles. The monoisotopic (exact) mass is 325 g/mol. The van der Waals surface area contributed by atoms with Crippen molar-refractivity contribution in [2.75, 3.05) is 18.4 Å². The van der Waals surface area contributed by atoms with Gasteiger partial charge in [-0.2, -0.15) is 0 Å². The quantitative estimate of drug-likeness (QED) is 0.885. The van der Waals surface area contributed by atoms with Crippen LogP contribution in [0, 0.1) is 5.92 Å². The number of aromatic nitrogens is 1. The number of nitrogens with zero attached hydrogens (tertiary/aromatic N) is 1. The molecule has 5 nitrogen and oxygen atoms in total. The van der Waals surface area contributed by atoms with Crippen molar-refractivity contribution in [1.82, 2.24) is 10.3 Å². The zero-order chi connectivity index (χ0) is 16.6. The Morgan fingerprint density at radius 2 is 1.79 bits per heavy atom. The molecule has 0 spiro atoms. The van der Waals surface area contributed by atoms with E-state index < -0.39 is 6.09 Å². The third kappa shape index (κ3) is 5.06. The molecule has 2 aromatic rings. The van der Waals surface area contributed by atoms with Crippen LogP contribution in [0.25, 0.3) is 0 Å². The number of anilines is 1. The van der Waals surface area contributed by atoms with Gasteiger partial charge in [-0.1, -0.05) is 12.1 Å². The van der Waals surface area contributed by atoms with Crippen LogP contribution < -0.4 is 10.6 Å². The lowest BCUT2D eigenvalue weighted by Gasteiger charge is -2.22. The smallest absolute Gasteiger partial charge is 0.411 e. The zero-order valence-electron chi connectivity index (χ0n) is 13.7. The summed E-state index contributed by atoms with van der Waals surface area (Å²) in [5.41, 5.74) is 2.99. The minimum atomic E-state index is -0.446. The van der Waals surface area contributed by atoms with E-state index in [-0.39, 0.29) is 6.61 Å². The van der Waals surface area contributed by atoms with Crippen LogP contribution in [0.15, 0.2) is 48.8 Å². The maximum absolute atomic E-state index is 11.8. The molecule has 1 aromatic heterocycles. The lowest BCUT2D eigenvalue weighted by atomic mass is 9.91. The van der Waals surface area contributed by atoms with Gasteiger partial charge in [0.1, 0.15) is 6.61 Å². The Morgan fingerprint density at radius 3 is 2.50 bits per heavy atom. The molecule has 24 heavy (non-hydrogen) atoms. The van der Waals surface area contributed by atoms with Crippen molar-refractivity contribution in [3.63, 3.8) is 0 Å². The molecule has 0 atom stereocenters. The molecule has 2 heterocycles. The fourth-order valence-corrected chi connectivity index (χ4v) is 2.93. The fraction of sp³-hybridized carbons (Fsp3) is 0.368. The second-order valence-corrected chi connectivity index (χ2v) is 6.15. The number of piperidine rings is 1. The van der Waals surface area contributed by atoms with Crippen LogP contribution in [0.5, 0.6) is 0 Å². The van der Waals surface area contributed by atoms with Crippen LogP contribution in [0.4, 0.5) is 10.5 Å². The van der Waals surface area contributed by atoms with Crippen molar-refractivity contribution in [3.05, 3.63) is 59.9 Å². The summed E-state index contributed by atoms with van der Waals surface area (Å²) in [4.78, 5) is 15.8. The van der Waals surface area contributed by atoms with Gasteiger partial charge in [-0.3, -0.25) is 10.3 Å². The van der Waals surface area contributed by atoms with Crippen LogP contribution in [0.2, 0.25) is 0 Å². The summed E-state index contributed by atoms with van der Waals surface area (Å²) in [6, 6.07) is 11.7. The average molecular weight is 325 g/mol. The summed E-state index contributed by atoms with van der Waals surface area (Å²) in [6.45, 7) is 2.48. The second kappa shape index (κ2) is 8.45. The van der Waals surface area contributed by atoms with E-state index in [4.69, 9.17) is 4.74 Å². The molecule has 1 aliphatic rings. The van der Waals surface area contributed by atoms with Crippen LogP contribution in [0.1, 0.15) is 24.0 Å². The van der Waals surface area contributed by atoms with Gasteiger partial charge >= 0.3 is 6.09 Å². The van der Waals surface area contributed by atoms with E-state index >= 15 is 0 Å². The molecule has 1 saturated heterocycles. The van der Waals surface area contributed by atoms with Gasteiger partial charge in [0.05, 0.1) is 0 Å². The average Bonchev–Trinajstić information content (AvgIpc) is 2.63. The topological polar surface area (TPSA) is 63.2 Å². The Kier molecular flexibility index (Phi) is 5.80.